The van der Waals surface area contributed by atoms with Crippen molar-refractivity contribution < 1.29 is 0 Å². The highest BCUT2D eigenvalue weighted by molar-refractivity contribution is 6.08. The van der Waals surface area contributed by atoms with E-state index in [1.165, 1.54) is 54.7 Å². The summed E-state index contributed by atoms with van der Waals surface area (Å²) in [7, 11) is 0. The van der Waals surface area contributed by atoms with Crippen LogP contribution in [0.3, 0.4) is 0 Å². The summed E-state index contributed by atoms with van der Waals surface area (Å²) >= 11 is 0. The first kappa shape index (κ1) is 19.5. The molecule has 0 radical (unpaired) electrons. The van der Waals surface area contributed by atoms with E-state index in [1.807, 2.05) is 12.3 Å². The lowest BCUT2D eigenvalue weighted by molar-refractivity contribution is 0.251. The smallest absolute Gasteiger partial charge is 0.0746 e. The fraction of sp³-hybridized carbons (Fsp3) is 0.0938. The minimum absolute atomic E-state index is 0.868. The molecule has 2 nitrogen and oxygen atoms in total. The van der Waals surface area contributed by atoms with Gasteiger partial charge in [-0.15, -0.1) is 0 Å². The number of fused-ring (bicyclic) bond motifs is 8. The van der Waals surface area contributed by atoms with Gasteiger partial charge in [-0.3, -0.25) is 9.88 Å². The highest BCUT2D eigenvalue weighted by Crippen LogP contribution is 2.42. The van der Waals surface area contributed by atoms with E-state index < -0.39 is 0 Å². The molecule has 2 heteroatoms. The summed E-state index contributed by atoms with van der Waals surface area (Å²) in [6, 6.07) is 37.5. The topological polar surface area (TPSA) is 16.1 Å². The molecule has 1 aliphatic rings. The molecule has 0 amide bonds. The van der Waals surface area contributed by atoms with E-state index in [4.69, 9.17) is 4.98 Å². The summed E-state index contributed by atoms with van der Waals surface area (Å²) in [6.45, 7) is 2.69. The van der Waals surface area contributed by atoms with E-state index in [-0.39, 0.29) is 0 Å². The molecule has 0 aliphatic carbocycles. The Hall–Kier alpha value is -4.01. The Bertz CT molecular complexity index is 1610. The average Bonchev–Trinajstić information content (AvgIpc) is 3.05. The number of nitrogens with zero attached hydrogens (tertiary/aromatic N) is 2. The summed E-state index contributed by atoms with van der Waals surface area (Å²) in [5.41, 5.74) is 7.95. The van der Waals surface area contributed by atoms with Gasteiger partial charge in [-0.1, -0.05) is 97.1 Å². The van der Waals surface area contributed by atoms with Crippen molar-refractivity contribution in [3.05, 3.63) is 126 Å². The van der Waals surface area contributed by atoms with Gasteiger partial charge in [0.05, 0.1) is 5.52 Å². The van der Waals surface area contributed by atoms with Crippen molar-refractivity contribution in [1.82, 2.24) is 9.88 Å². The predicted molar refractivity (Wildman–Crippen MR) is 142 cm³/mol. The molecule has 1 aromatic heterocycles. The Morgan fingerprint density at radius 2 is 1.15 bits per heavy atom. The van der Waals surface area contributed by atoms with Crippen molar-refractivity contribution in [3.8, 4) is 11.1 Å². The lowest BCUT2D eigenvalue weighted by atomic mass is 9.88. The van der Waals surface area contributed by atoms with Crippen molar-refractivity contribution in [1.29, 1.82) is 0 Å². The van der Waals surface area contributed by atoms with Gasteiger partial charge in [0.15, 0.2) is 0 Å². The number of aromatic nitrogens is 1. The second kappa shape index (κ2) is 7.79. The van der Waals surface area contributed by atoms with Gasteiger partial charge in [0.25, 0.3) is 0 Å². The summed E-state index contributed by atoms with van der Waals surface area (Å²) in [4.78, 5) is 7.28. The van der Waals surface area contributed by atoms with E-state index in [1.54, 1.807) is 0 Å². The minimum atomic E-state index is 0.868. The molecule has 7 rings (SSSR count). The minimum Gasteiger partial charge on any atom is -0.290 e. The molecule has 2 heterocycles. The predicted octanol–water partition coefficient (Wildman–Crippen LogP) is 7.72. The summed E-state index contributed by atoms with van der Waals surface area (Å²) < 4.78 is 0. The molecule has 0 bridgehead atoms. The fourth-order valence-corrected chi connectivity index (χ4v) is 5.67. The third-order valence-corrected chi connectivity index (χ3v) is 7.18. The van der Waals surface area contributed by atoms with Crippen molar-refractivity contribution in [2.45, 2.75) is 19.6 Å². The first-order valence-electron chi connectivity index (χ1n) is 11.9. The van der Waals surface area contributed by atoms with E-state index in [2.05, 4.69) is 102 Å². The van der Waals surface area contributed by atoms with E-state index >= 15 is 0 Å². The summed E-state index contributed by atoms with van der Waals surface area (Å²) in [6.07, 6.45) is 1.90. The van der Waals surface area contributed by atoms with Gasteiger partial charge in [0.2, 0.25) is 0 Å². The molecule has 0 N–H and O–H groups in total. The Balaban J connectivity index is 1.45. The standard InChI is InChI=1S/C32H24N2/c1-3-12-28-22(7-1)14-16-25-19-34(21-27-10-5-9-24-11-6-18-33-32(24)27)20-26-17-15-23-8-2-4-13-29(23)31(26)30(25)28/h1-18H,19-21H2. The molecule has 0 saturated carbocycles. The Labute approximate surface area is 199 Å². The maximum Gasteiger partial charge on any atom is 0.0746 e. The lowest BCUT2D eigenvalue weighted by Gasteiger charge is -2.22. The van der Waals surface area contributed by atoms with Gasteiger partial charge in [0, 0.05) is 31.2 Å². The quantitative estimate of drug-likeness (QED) is 0.276. The maximum atomic E-state index is 4.71. The molecule has 1 aliphatic heterocycles. The zero-order chi connectivity index (χ0) is 22.5. The van der Waals surface area contributed by atoms with Crippen LogP contribution in [0.15, 0.2) is 109 Å². The molecule has 162 valence electrons. The van der Waals surface area contributed by atoms with E-state index in [0.717, 1.165) is 25.2 Å². The third-order valence-electron chi connectivity index (χ3n) is 7.18. The SMILES string of the molecule is c1ccc2c3c(ccc2c1)CN(Cc1cccc2cccnc12)Cc1ccc2ccccc2c1-3. The summed E-state index contributed by atoms with van der Waals surface area (Å²) in [5, 5.41) is 6.48. The monoisotopic (exact) mass is 436 g/mol. The first-order valence-corrected chi connectivity index (χ1v) is 11.9. The number of rotatable bonds is 2. The second-order valence-electron chi connectivity index (χ2n) is 9.28. The molecule has 6 aromatic rings. The molecule has 34 heavy (non-hydrogen) atoms. The van der Waals surface area contributed by atoms with Crippen LogP contribution in [0.4, 0.5) is 0 Å². The van der Waals surface area contributed by atoms with E-state index in [9.17, 15) is 0 Å². The van der Waals surface area contributed by atoms with Crippen molar-refractivity contribution in [3.63, 3.8) is 0 Å². The number of para-hydroxylation sites is 1. The Kier molecular flexibility index (Phi) is 4.46. The largest absolute Gasteiger partial charge is 0.290 e. The molecule has 0 unspecified atom stereocenters. The number of hydrogen-bond donors (Lipinski definition) is 0. The maximum absolute atomic E-state index is 4.71. The van der Waals surface area contributed by atoms with Crippen molar-refractivity contribution >= 4 is 32.4 Å². The molecule has 0 fully saturated rings. The van der Waals surface area contributed by atoms with Crippen LogP contribution in [0, 0.1) is 0 Å². The van der Waals surface area contributed by atoms with Crippen LogP contribution in [-0.2, 0) is 19.6 Å². The van der Waals surface area contributed by atoms with Crippen molar-refractivity contribution in [2.24, 2.45) is 0 Å². The molecule has 0 atom stereocenters. The van der Waals surface area contributed by atoms with Crippen LogP contribution >= 0.6 is 0 Å². The van der Waals surface area contributed by atoms with Gasteiger partial charge < -0.3 is 0 Å². The molecule has 0 spiro atoms. The van der Waals surface area contributed by atoms with Crippen molar-refractivity contribution in [2.75, 3.05) is 0 Å². The third kappa shape index (κ3) is 3.11. The van der Waals surface area contributed by atoms with Gasteiger partial charge in [-0.05, 0) is 55.4 Å². The van der Waals surface area contributed by atoms with Crippen LogP contribution in [0.25, 0.3) is 43.6 Å². The number of pyridine rings is 1. The van der Waals surface area contributed by atoms with Crippen LogP contribution in [0.1, 0.15) is 16.7 Å². The molecule has 5 aromatic carbocycles. The van der Waals surface area contributed by atoms with Crippen LogP contribution in [0.2, 0.25) is 0 Å². The van der Waals surface area contributed by atoms with Crippen LogP contribution < -0.4 is 0 Å². The highest BCUT2D eigenvalue weighted by atomic mass is 15.1. The highest BCUT2D eigenvalue weighted by Gasteiger charge is 2.23. The molecular weight excluding hydrogens is 412 g/mol. The Morgan fingerprint density at radius 1 is 0.559 bits per heavy atom. The zero-order valence-corrected chi connectivity index (χ0v) is 18.9. The number of benzene rings is 5. The fourth-order valence-electron chi connectivity index (χ4n) is 5.67. The van der Waals surface area contributed by atoms with Crippen LogP contribution in [0.5, 0.6) is 0 Å². The lowest BCUT2D eigenvalue weighted by Crippen LogP contribution is -2.21. The first-order chi connectivity index (χ1) is 16.8. The van der Waals surface area contributed by atoms with E-state index in [0.29, 0.717) is 0 Å². The Morgan fingerprint density at radius 3 is 1.82 bits per heavy atom. The second-order valence-corrected chi connectivity index (χ2v) is 9.28. The number of hydrogen-bond acceptors (Lipinski definition) is 2. The summed E-state index contributed by atoms with van der Waals surface area (Å²) in [5.74, 6) is 0. The van der Waals surface area contributed by atoms with Gasteiger partial charge in [-0.2, -0.15) is 0 Å². The van der Waals surface area contributed by atoms with Crippen LogP contribution in [-0.4, -0.2) is 9.88 Å². The normalized spacial score (nSPS) is 13.6. The van der Waals surface area contributed by atoms with Gasteiger partial charge in [-0.25, -0.2) is 0 Å². The molecule has 0 saturated heterocycles. The van der Waals surface area contributed by atoms with Gasteiger partial charge >= 0.3 is 0 Å². The average molecular weight is 437 g/mol. The van der Waals surface area contributed by atoms with Gasteiger partial charge in [0.1, 0.15) is 0 Å². The zero-order valence-electron chi connectivity index (χ0n) is 18.9. The molecular formula is C32H24N2.